The minimum atomic E-state index is -2.85. The van der Waals surface area contributed by atoms with E-state index in [1.165, 1.54) is 17.2 Å². The lowest BCUT2D eigenvalue weighted by Crippen LogP contribution is -2.31. The molecule has 0 aliphatic carbocycles. The Labute approximate surface area is 127 Å². The number of alkyl halides is 2. The van der Waals surface area contributed by atoms with Gasteiger partial charge in [-0.2, -0.15) is 18.6 Å². The highest BCUT2D eigenvalue weighted by Gasteiger charge is 2.24. The molecule has 0 aliphatic heterocycles. The zero-order valence-corrected chi connectivity index (χ0v) is 12.5. The van der Waals surface area contributed by atoms with Crippen molar-refractivity contribution in [2.45, 2.75) is 19.5 Å². The van der Waals surface area contributed by atoms with Crippen molar-refractivity contribution in [3.8, 4) is 5.75 Å². The van der Waals surface area contributed by atoms with Gasteiger partial charge in [0, 0.05) is 13.2 Å². The van der Waals surface area contributed by atoms with Crippen molar-refractivity contribution in [2.75, 3.05) is 14.2 Å². The lowest BCUT2D eigenvalue weighted by atomic mass is 10.1. The topological polar surface area (TPSA) is 47.4 Å². The number of hydrogen-bond acceptors (Lipinski definition) is 3. The van der Waals surface area contributed by atoms with Crippen LogP contribution in [-0.2, 0) is 0 Å². The van der Waals surface area contributed by atoms with Crippen LogP contribution in [0, 0.1) is 0 Å². The average molecular weight is 309 g/mol. The molecule has 2 aromatic rings. The molecule has 22 heavy (non-hydrogen) atoms. The van der Waals surface area contributed by atoms with Crippen LogP contribution in [0.4, 0.5) is 8.78 Å². The lowest BCUT2D eigenvalue weighted by Gasteiger charge is -2.25. The third kappa shape index (κ3) is 3.08. The third-order valence-electron chi connectivity index (χ3n) is 3.55. The Morgan fingerprint density at radius 3 is 2.73 bits per heavy atom. The van der Waals surface area contributed by atoms with Gasteiger partial charge in [-0.05, 0) is 30.7 Å². The highest BCUT2D eigenvalue weighted by molar-refractivity contribution is 5.92. The van der Waals surface area contributed by atoms with Gasteiger partial charge in [0.05, 0.1) is 13.2 Å². The Hall–Kier alpha value is -2.44. The molecule has 0 radical (unpaired) electrons. The van der Waals surface area contributed by atoms with E-state index in [1.807, 2.05) is 19.1 Å². The zero-order valence-electron chi connectivity index (χ0n) is 12.5. The van der Waals surface area contributed by atoms with Crippen molar-refractivity contribution in [3.63, 3.8) is 0 Å². The summed E-state index contributed by atoms with van der Waals surface area (Å²) in [6.07, 6.45) is 1.18. The number of rotatable bonds is 5. The molecule has 1 aromatic heterocycles. The molecule has 0 N–H and O–H groups in total. The second-order valence-corrected chi connectivity index (χ2v) is 4.81. The first-order valence-electron chi connectivity index (χ1n) is 6.68. The van der Waals surface area contributed by atoms with Gasteiger partial charge in [0.25, 0.3) is 5.91 Å². The predicted octanol–water partition coefficient (Wildman–Crippen LogP) is 3.12. The van der Waals surface area contributed by atoms with E-state index in [9.17, 15) is 13.6 Å². The van der Waals surface area contributed by atoms with Crippen molar-refractivity contribution < 1.29 is 18.3 Å². The van der Waals surface area contributed by atoms with Gasteiger partial charge in [-0.15, -0.1) is 0 Å². The van der Waals surface area contributed by atoms with E-state index in [2.05, 4.69) is 5.10 Å². The Balaban J connectivity index is 2.24. The van der Waals surface area contributed by atoms with Crippen LogP contribution in [0.5, 0.6) is 5.75 Å². The predicted molar refractivity (Wildman–Crippen MR) is 77.0 cm³/mol. The molecule has 0 fully saturated rings. The molecule has 7 heteroatoms. The van der Waals surface area contributed by atoms with Gasteiger partial charge in [-0.3, -0.25) is 4.79 Å². The summed E-state index contributed by atoms with van der Waals surface area (Å²) in [7, 11) is 3.12. The molecule has 0 aliphatic rings. The van der Waals surface area contributed by atoms with Gasteiger partial charge in [-0.1, -0.05) is 12.1 Å². The van der Waals surface area contributed by atoms with E-state index in [4.69, 9.17) is 4.74 Å². The Morgan fingerprint density at radius 2 is 2.09 bits per heavy atom. The molecule has 1 heterocycles. The van der Waals surface area contributed by atoms with E-state index in [-0.39, 0.29) is 11.7 Å². The molecule has 118 valence electrons. The van der Waals surface area contributed by atoms with E-state index in [1.54, 1.807) is 26.3 Å². The summed E-state index contributed by atoms with van der Waals surface area (Å²) < 4.78 is 31.2. The Kier molecular flexibility index (Phi) is 4.75. The average Bonchev–Trinajstić information content (AvgIpc) is 3.02. The van der Waals surface area contributed by atoms with Gasteiger partial charge in [0.1, 0.15) is 11.4 Å². The third-order valence-corrected chi connectivity index (χ3v) is 3.55. The first kappa shape index (κ1) is 15.9. The quantitative estimate of drug-likeness (QED) is 0.852. The van der Waals surface area contributed by atoms with E-state index in [0.717, 1.165) is 5.56 Å². The minimum absolute atomic E-state index is 0.146. The highest BCUT2D eigenvalue weighted by atomic mass is 19.3. The molecule has 0 bridgehead atoms. The number of nitrogens with zero attached hydrogens (tertiary/aromatic N) is 3. The number of aromatic nitrogens is 2. The molecular formula is C15H17F2N3O2. The minimum Gasteiger partial charge on any atom is -0.497 e. The number of amides is 1. The standard InChI is InChI=1S/C15H17F2N3O2/c1-10(11-5-4-6-12(9-11)22-3)19(2)14(21)13-7-8-18-20(13)15(16)17/h4-10,15H,1-3H3. The summed E-state index contributed by atoms with van der Waals surface area (Å²) in [5, 5.41) is 3.48. The van der Waals surface area contributed by atoms with Crippen molar-refractivity contribution in [1.29, 1.82) is 0 Å². The van der Waals surface area contributed by atoms with Crippen LogP contribution in [0.1, 0.15) is 35.6 Å². The van der Waals surface area contributed by atoms with Gasteiger partial charge < -0.3 is 9.64 Å². The Morgan fingerprint density at radius 1 is 1.36 bits per heavy atom. The first-order valence-corrected chi connectivity index (χ1v) is 6.68. The van der Waals surface area contributed by atoms with Crippen LogP contribution in [0.25, 0.3) is 0 Å². The maximum Gasteiger partial charge on any atom is 0.333 e. The van der Waals surface area contributed by atoms with E-state index in [0.29, 0.717) is 10.4 Å². The number of carbonyl (C=O) groups excluding carboxylic acids is 1. The second-order valence-electron chi connectivity index (χ2n) is 4.81. The van der Waals surface area contributed by atoms with Crippen LogP contribution in [-0.4, -0.2) is 34.7 Å². The molecule has 0 saturated heterocycles. The highest BCUT2D eigenvalue weighted by Crippen LogP contribution is 2.24. The fraction of sp³-hybridized carbons (Fsp3) is 0.333. The summed E-state index contributed by atoms with van der Waals surface area (Å²) in [6.45, 7) is -1.04. The normalized spacial score (nSPS) is 12.3. The molecular weight excluding hydrogens is 292 g/mol. The monoisotopic (exact) mass is 309 g/mol. The van der Waals surface area contributed by atoms with Crippen LogP contribution in [0.3, 0.4) is 0 Å². The van der Waals surface area contributed by atoms with E-state index < -0.39 is 12.5 Å². The maximum absolute atomic E-state index is 12.8. The van der Waals surface area contributed by atoms with Crippen LogP contribution in [0.2, 0.25) is 0 Å². The SMILES string of the molecule is COc1cccc(C(C)N(C)C(=O)c2ccnn2C(F)F)c1. The summed E-state index contributed by atoms with van der Waals surface area (Å²) in [6, 6.07) is 8.24. The van der Waals surface area contributed by atoms with Gasteiger partial charge in [0.2, 0.25) is 0 Å². The first-order chi connectivity index (χ1) is 10.5. The van der Waals surface area contributed by atoms with Crippen LogP contribution < -0.4 is 4.74 Å². The van der Waals surface area contributed by atoms with Crippen molar-refractivity contribution in [3.05, 3.63) is 47.8 Å². The lowest BCUT2D eigenvalue weighted by molar-refractivity contribution is 0.0460. The maximum atomic E-state index is 12.8. The van der Waals surface area contributed by atoms with Crippen molar-refractivity contribution in [1.82, 2.24) is 14.7 Å². The van der Waals surface area contributed by atoms with Crippen LogP contribution >= 0.6 is 0 Å². The molecule has 1 unspecified atom stereocenters. The number of hydrogen-bond donors (Lipinski definition) is 0. The van der Waals surface area contributed by atoms with Crippen LogP contribution in [0.15, 0.2) is 36.5 Å². The summed E-state index contributed by atoms with van der Waals surface area (Å²) in [5.74, 6) is 0.149. The molecule has 1 atom stereocenters. The van der Waals surface area contributed by atoms with Crippen molar-refractivity contribution in [2.24, 2.45) is 0 Å². The van der Waals surface area contributed by atoms with Gasteiger partial charge in [-0.25, -0.2) is 0 Å². The number of ether oxygens (including phenoxy) is 1. The Bertz CT molecular complexity index is 658. The smallest absolute Gasteiger partial charge is 0.333 e. The molecule has 0 spiro atoms. The number of halogens is 2. The summed E-state index contributed by atoms with van der Waals surface area (Å²) in [4.78, 5) is 13.8. The summed E-state index contributed by atoms with van der Waals surface area (Å²) in [5.41, 5.74) is 0.700. The fourth-order valence-corrected chi connectivity index (χ4v) is 2.12. The summed E-state index contributed by atoms with van der Waals surface area (Å²) >= 11 is 0. The largest absolute Gasteiger partial charge is 0.497 e. The molecule has 1 amide bonds. The zero-order chi connectivity index (χ0) is 16.3. The number of methoxy groups -OCH3 is 1. The van der Waals surface area contributed by atoms with E-state index >= 15 is 0 Å². The number of carbonyl (C=O) groups is 1. The van der Waals surface area contributed by atoms with Crippen molar-refractivity contribution >= 4 is 5.91 Å². The van der Waals surface area contributed by atoms with Gasteiger partial charge in [0.15, 0.2) is 0 Å². The molecule has 2 rings (SSSR count). The molecule has 1 aromatic carbocycles. The fourth-order valence-electron chi connectivity index (χ4n) is 2.12. The van der Waals surface area contributed by atoms with Gasteiger partial charge >= 0.3 is 6.55 Å². The second kappa shape index (κ2) is 6.55. The number of benzene rings is 1. The molecule has 5 nitrogen and oxygen atoms in total. The molecule has 0 saturated carbocycles.